The van der Waals surface area contributed by atoms with Gasteiger partial charge in [-0.2, -0.15) is 0 Å². The molecule has 2 N–H and O–H groups in total. The molecule has 1 aromatic rings. The van der Waals surface area contributed by atoms with Crippen LogP contribution in [-0.2, 0) is 34.7 Å². The summed E-state index contributed by atoms with van der Waals surface area (Å²) in [6, 6.07) is 5.81. The third-order valence-electron chi connectivity index (χ3n) is 1.13. The molecule has 0 aliphatic carbocycles. The molecule has 0 aliphatic rings. The van der Waals surface area contributed by atoms with Crippen molar-refractivity contribution in [2.75, 3.05) is 0 Å². The van der Waals surface area contributed by atoms with Gasteiger partial charge < -0.3 is 10.2 Å². The molecule has 0 aliphatic heterocycles. The first-order chi connectivity index (χ1) is 4.72. The van der Waals surface area contributed by atoms with Gasteiger partial charge in [-0.05, 0) is 12.1 Å². The van der Waals surface area contributed by atoms with Crippen LogP contribution in [0, 0.1) is 0 Å². The molecule has 0 saturated carbocycles. The van der Waals surface area contributed by atoms with Gasteiger partial charge in [0, 0.05) is 34.7 Å². The number of aromatic carboxylic acids is 1. The summed E-state index contributed by atoms with van der Waals surface area (Å²) in [4.78, 5) is 10.3. The Morgan fingerprint density at radius 2 is 1.62 bits per heavy atom. The average Bonchev–Trinajstić information content (AvgIpc) is 1.88. The molecule has 0 fully saturated rings. The van der Waals surface area contributed by atoms with E-state index in [1.54, 1.807) is 12.1 Å². The van der Waals surface area contributed by atoms with E-state index >= 15 is 0 Å². The number of para-hydroxylation sites is 1. The van der Waals surface area contributed by atoms with Crippen LogP contribution in [0.1, 0.15) is 10.4 Å². The fraction of sp³-hybridized carbons (Fsp3) is 0. The summed E-state index contributed by atoms with van der Waals surface area (Å²) < 4.78 is 0. The van der Waals surface area contributed by atoms with E-state index in [0.29, 0.717) is 0 Å². The maximum absolute atomic E-state index is 10.3. The molecule has 0 radical (unpaired) electrons. The van der Waals surface area contributed by atoms with Gasteiger partial charge in [0.1, 0.15) is 11.3 Å². The van der Waals surface area contributed by atoms with Crippen LogP contribution < -0.4 is 0 Å². The average molecular weight is 266 g/mol. The van der Waals surface area contributed by atoms with E-state index in [1.165, 1.54) is 12.1 Å². The van der Waals surface area contributed by atoms with Gasteiger partial charge in [0.15, 0.2) is 0 Å². The quantitative estimate of drug-likeness (QED) is 0.725. The van der Waals surface area contributed by atoms with E-state index in [9.17, 15) is 4.79 Å². The Morgan fingerprint density at radius 3 is 1.92 bits per heavy atom. The summed E-state index contributed by atoms with van der Waals surface area (Å²) in [5, 5.41) is 17.3. The molecule has 1 aromatic carbocycles. The van der Waals surface area contributed by atoms with Gasteiger partial charge >= 0.3 is 35.5 Å². The summed E-state index contributed by atoms with van der Waals surface area (Å²) in [5.41, 5.74) is -0.0671. The number of hydrogen-bond donors (Lipinski definition) is 2. The summed E-state index contributed by atoms with van der Waals surface area (Å²) in [7, 11) is 0. The second-order valence-corrected chi connectivity index (χ2v) is 1.82. The molecule has 0 unspecified atom stereocenters. The summed E-state index contributed by atoms with van der Waals surface area (Å²) in [5.74, 6) is -1.31. The fourth-order valence-corrected chi connectivity index (χ4v) is 0.654. The monoisotopic (exact) mass is 266 g/mol. The van der Waals surface area contributed by atoms with E-state index < -0.39 is 5.97 Å². The van der Waals surface area contributed by atoms with Crippen LogP contribution in [0.15, 0.2) is 24.3 Å². The van der Waals surface area contributed by atoms with Crippen molar-refractivity contribution in [2.45, 2.75) is 0 Å². The molecule has 0 spiro atoms. The van der Waals surface area contributed by atoms with Crippen molar-refractivity contribution in [1.82, 2.24) is 0 Å². The van der Waals surface area contributed by atoms with Crippen molar-refractivity contribution >= 4 is 35.5 Å². The normalized spacial score (nSPS) is 7.08. The number of hydrogen-bond acceptors (Lipinski definition) is 2. The molecule has 0 amide bonds. The van der Waals surface area contributed by atoms with Crippen molar-refractivity contribution < 1.29 is 49.7 Å². The topological polar surface area (TPSA) is 57.5 Å². The number of benzene rings is 1. The predicted molar refractivity (Wildman–Crippen MR) is 42.2 cm³/mol. The Morgan fingerprint density at radius 1 is 1.15 bits per heavy atom. The van der Waals surface area contributed by atoms with Gasteiger partial charge in [-0.25, -0.2) is 4.79 Å². The Labute approximate surface area is 120 Å². The van der Waals surface area contributed by atoms with Gasteiger partial charge in [0.05, 0.1) is 0 Å². The Bertz CT molecular complexity index is 268. The van der Waals surface area contributed by atoms with Crippen LogP contribution in [0.2, 0.25) is 0 Å². The molecule has 1 rings (SSSR count). The number of aromatic hydroxyl groups is 1. The molecule has 0 atom stereocenters. The second-order valence-electron chi connectivity index (χ2n) is 1.82. The van der Waals surface area contributed by atoms with Gasteiger partial charge in [0.25, 0.3) is 0 Å². The van der Waals surface area contributed by atoms with E-state index in [4.69, 9.17) is 10.2 Å². The Hall–Kier alpha value is 0.555. The van der Waals surface area contributed by atoms with E-state index in [1.807, 2.05) is 0 Å². The number of phenols is 1. The molecule has 6 heteroatoms. The Balaban J connectivity index is -0.000000333. The molecule has 13 heavy (non-hydrogen) atoms. The first-order valence-corrected chi connectivity index (χ1v) is 2.73. The van der Waals surface area contributed by atoms with Gasteiger partial charge in [-0.3, -0.25) is 0 Å². The van der Waals surface area contributed by atoms with Gasteiger partial charge in [-0.15, -0.1) is 0 Å². The van der Waals surface area contributed by atoms with Crippen LogP contribution in [0.4, 0.5) is 0 Å². The minimum absolute atomic E-state index is 0. The number of rotatable bonds is 1. The molecule has 66 valence electrons. The zero-order valence-corrected chi connectivity index (χ0v) is 8.48. The van der Waals surface area contributed by atoms with Crippen molar-refractivity contribution in [3.05, 3.63) is 29.8 Å². The number of carbonyl (C=O) groups is 1. The van der Waals surface area contributed by atoms with Crippen LogP contribution in [-0.4, -0.2) is 45.7 Å². The van der Waals surface area contributed by atoms with Crippen molar-refractivity contribution in [3.63, 3.8) is 0 Å². The first-order valence-electron chi connectivity index (χ1n) is 2.73. The third kappa shape index (κ3) is 5.78. The molecule has 0 heterocycles. The minimum atomic E-state index is -1.11. The zero-order chi connectivity index (χ0) is 7.56. The van der Waals surface area contributed by atoms with Crippen molar-refractivity contribution in [3.8, 4) is 5.75 Å². The molecule has 3 nitrogen and oxygen atoms in total. The molecular weight excluding hydrogens is 259 g/mol. The van der Waals surface area contributed by atoms with Crippen molar-refractivity contribution in [2.24, 2.45) is 0 Å². The van der Waals surface area contributed by atoms with Gasteiger partial charge in [0.2, 0.25) is 0 Å². The Kier molecular flexibility index (Phi) is 13.5. The summed E-state index contributed by atoms with van der Waals surface area (Å²) >= 11 is 0. The number of carboxylic acid groups (broad SMARTS) is 1. The number of carboxylic acids is 1. The van der Waals surface area contributed by atoms with Gasteiger partial charge in [-0.1, -0.05) is 12.1 Å². The molecule has 0 aromatic heterocycles. The summed E-state index contributed by atoms with van der Waals surface area (Å²) in [6.07, 6.45) is 0. The standard InChI is InChI=1S/C7H6O3.2Cr.Na.H/c8-6-4-2-1-3-5(6)7(9)10;;;;/h1-4,8H,(H,9,10);;;;. The van der Waals surface area contributed by atoms with Crippen LogP contribution >= 0.6 is 0 Å². The first kappa shape index (κ1) is 19.2. The van der Waals surface area contributed by atoms with Crippen LogP contribution in [0.5, 0.6) is 5.75 Å². The molecule has 0 bridgehead atoms. The second kappa shape index (κ2) is 9.12. The van der Waals surface area contributed by atoms with Crippen LogP contribution in [0.25, 0.3) is 0 Å². The van der Waals surface area contributed by atoms with Crippen LogP contribution in [0.3, 0.4) is 0 Å². The summed E-state index contributed by atoms with van der Waals surface area (Å²) in [6.45, 7) is 0. The molecule has 0 saturated heterocycles. The van der Waals surface area contributed by atoms with E-state index in [2.05, 4.69) is 0 Å². The fourth-order valence-electron chi connectivity index (χ4n) is 0.654. The third-order valence-corrected chi connectivity index (χ3v) is 1.13. The van der Waals surface area contributed by atoms with E-state index in [-0.39, 0.29) is 75.6 Å². The van der Waals surface area contributed by atoms with E-state index in [0.717, 1.165) is 0 Å². The van der Waals surface area contributed by atoms with Crippen molar-refractivity contribution in [1.29, 1.82) is 0 Å². The maximum atomic E-state index is 10.3. The zero-order valence-electron chi connectivity index (χ0n) is 5.93. The molecular formula is C7H7Cr2NaO3. The SMILES string of the molecule is O=C(O)c1ccccc1O.[Cr].[Cr].[NaH]. The predicted octanol–water partition coefficient (Wildman–Crippen LogP) is 0.437.